The van der Waals surface area contributed by atoms with Crippen LogP contribution < -0.4 is 20.1 Å². The summed E-state index contributed by atoms with van der Waals surface area (Å²) in [5, 5.41) is 15.0. The Hall–Kier alpha value is -3.46. The van der Waals surface area contributed by atoms with Gasteiger partial charge in [-0.05, 0) is 36.8 Å². The summed E-state index contributed by atoms with van der Waals surface area (Å²) in [5.41, 5.74) is 1.48. The van der Waals surface area contributed by atoms with Crippen molar-refractivity contribution < 1.29 is 14.3 Å². The van der Waals surface area contributed by atoms with Gasteiger partial charge in [0.2, 0.25) is 0 Å². The molecule has 26 heavy (non-hydrogen) atoms. The molecule has 2 rings (SSSR count). The molecule has 2 aromatic carbocycles. The Kier molecular flexibility index (Phi) is 6.63. The lowest BCUT2D eigenvalue weighted by atomic mass is 10.1. The van der Waals surface area contributed by atoms with Crippen molar-refractivity contribution >= 4 is 11.6 Å². The van der Waals surface area contributed by atoms with Gasteiger partial charge in [0.05, 0.1) is 19.9 Å². The van der Waals surface area contributed by atoms with Crippen molar-refractivity contribution in [1.82, 2.24) is 5.32 Å². The molecule has 0 aromatic heterocycles. The standard InChI is InChI=1S/C20H21N3O3/c1-14(15-8-10-17(25-2)11-9-15)22-13-16(12-21)20(24)23-18-6-4-5-7-19(18)26-3/h4-11,13-14,22H,1-3H3,(H,23,24)/b16-13-. The molecule has 0 radical (unpaired) electrons. The summed E-state index contributed by atoms with van der Waals surface area (Å²) in [4.78, 5) is 12.3. The Labute approximate surface area is 153 Å². The van der Waals surface area contributed by atoms with E-state index in [-0.39, 0.29) is 11.6 Å². The smallest absolute Gasteiger partial charge is 0.267 e. The second-order valence-electron chi connectivity index (χ2n) is 5.49. The van der Waals surface area contributed by atoms with Crippen molar-refractivity contribution in [3.8, 4) is 17.6 Å². The first-order valence-electron chi connectivity index (χ1n) is 8.03. The number of hydrogen-bond donors (Lipinski definition) is 2. The number of hydrogen-bond acceptors (Lipinski definition) is 5. The van der Waals surface area contributed by atoms with Crippen LogP contribution in [0.15, 0.2) is 60.3 Å². The van der Waals surface area contributed by atoms with Crippen molar-refractivity contribution in [3.63, 3.8) is 0 Å². The Morgan fingerprint density at radius 3 is 2.42 bits per heavy atom. The van der Waals surface area contributed by atoms with E-state index in [9.17, 15) is 10.1 Å². The Balaban J connectivity index is 2.06. The maximum absolute atomic E-state index is 12.3. The van der Waals surface area contributed by atoms with E-state index < -0.39 is 5.91 Å². The molecule has 1 atom stereocenters. The van der Waals surface area contributed by atoms with Gasteiger partial charge < -0.3 is 20.1 Å². The zero-order chi connectivity index (χ0) is 18.9. The molecule has 0 aliphatic rings. The molecular formula is C20H21N3O3. The number of benzene rings is 2. The number of ether oxygens (including phenoxy) is 2. The molecule has 6 heteroatoms. The van der Waals surface area contributed by atoms with Crippen LogP contribution >= 0.6 is 0 Å². The van der Waals surface area contributed by atoms with Gasteiger partial charge in [-0.1, -0.05) is 24.3 Å². The van der Waals surface area contributed by atoms with Crippen molar-refractivity contribution in [3.05, 3.63) is 65.9 Å². The largest absolute Gasteiger partial charge is 0.497 e. The van der Waals surface area contributed by atoms with Gasteiger partial charge in [-0.2, -0.15) is 5.26 Å². The van der Waals surface area contributed by atoms with Gasteiger partial charge in [0.1, 0.15) is 23.1 Å². The van der Waals surface area contributed by atoms with Gasteiger partial charge in [-0.15, -0.1) is 0 Å². The Bertz CT molecular complexity index is 823. The van der Waals surface area contributed by atoms with Crippen LogP contribution in [0.5, 0.6) is 11.5 Å². The van der Waals surface area contributed by atoms with Gasteiger partial charge in [-0.25, -0.2) is 0 Å². The summed E-state index contributed by atoms with van der Waals surface area (Å²) in [6.45, 7) is 1.94. The van der Waals surface area contributed by atoms with Gasteiger partial charge in [0, 0.05) is 12.2 Å². The van der Waals surface area contributed by atoms with E-state index >= 15 is 0 Å². The maximum atomic E-state index is 12.3. The first kappa shape index (κ1) is 18.9. The third-order valence-electron chi connectivity index (χ3n) is 3.81. The lowest BCUT2D eigenvalue weighted by molar-refractivity contribution is -0.112. The zero-order valence-electron chi connectivity index (χ0n) is 14.9. The highest BCUT2D eigenvalue weighted by Gasteiger charge is 2.12. The third kappa shape index (κ3) is 4.77. The minimum absolute atomic E-state index is 0.0312. The molecule has 0 saturated carbocycles. The highest BCUT2D eigenvalue weighted by Crippen LogP contribution is 2.23. The fourth-order valence-electron chi connectivity index (χ4n) is 2.28. The van der Waals surface area contributed by atoms with E-state index in [1.54, 1.807) is 31.4 Å². The number of nitriles is 1. The van der Waals surface area contributed by atoms with E-state index in [1.807, 2.05) is 37.3 Å². The number of rotatable bonds is 7. The van der Waals surface area contributed by atoms with Gasteiger partial charge >= 0.3 is 0 Å². The predicted octanol–water partition coefficient (Wildman–Crippen LogP) is 3.40. The number of para-hydroxylation sites is 2. The fourth-order valence-corrected chi connectivity index (χ4v) is 2.28. The van der Waals surface area contributed by atoms with Crippen molar-refractivity contribution in [2.45, 2.75) is 13.0 Å². The molecule has 0 bridgehead atoms. The van der Waals surface area contributed by atoms with Crippen molar-refractivity contribution in [2.75, 3.05) is 19.5 Å². The van der Waals surface area contributed by atoms with E-state index in [1.165, 1.54) is 13.3 Å². The molecular weight excluding hydrogens is 330 g/mol. The molecule has 134 valence electrons. The van der Waals surface area contributed by atoms with Crippen LogP contribution in [0.4, 0.5) is 5.69 Å². The lowest BCUT2D eigenvalue weighted by Crippen LogP contribution is -2.18. The third-order valence-corrected chi connectivity index (χ3v) is 3.81. The minimum Gasteiger partial charge on any atom is -0.497 e. The minimum atomic E-state index is -0.508. The summed E-state index contributed by atoms with van der Waals surface area (Å²) in [7, 11) is 3.13. The number of amides is 1. The second kappa shape index (κ2) is 9.14. The first-order chi connectivity index (χ1) is 12.6. The number of anilines is 1. The molecule has 0 aliphatic carbocycles. The highest BCUT2D eigenvalue weighted by molar-refractivity contribution is 6.07. The molecule has 2 aromatic rings. The summed E-state index contributed by atoms with van der Waals surface area (Å²) in [6, 6.07) is 16.4. The van der Waals surface area contributed by atoms with Gasteiger partial charge in [0.25, 0.3) is 5.91 Å². The van der Waals surface area contributed by atoms with Crippen LogP contribution in [0, 0.1) is 11.3 Å². The monoisotopic (exact) mass is 351 g/mol. The molecule has 6 nitrogen and oxygen atoms in total. The predicted molar refractivity (Wildman–Crippen MR) is 99.9 cm³/mol. The SMILES string of the molecule is COc1ccc(C(C)N/C=C(/C#N)C(=O)Nc2ccccc2OC)cc1. The van der Waals surface area contributed by atoms with Crippen LogP contribution in [0.1, 0.15) is 18.5 Å². The Morgan fingerprint density at radius 2 is 1.81 bits per heavy atom. The normalized spacial score (nSPS) is 11.8. The Morgan fingerprint density at radius 1 is 1.12 bits per heavy atom. The maximum Gasteiger partial charge on any atom is 0.267 e. The number of carbonyl (C=O) groups excluding carboxylic acids is 1. The lowest BCUT2D eigenvalue weighted by Gasteiger charge is -2.14. The average molecular weight is 351 g/mol. The zero-order valence-corrected chi connectivity index (χ0v) is 14.9. The van der Waals surface area contributed by atoms with Crippen molar-refractivity contribution in [2.24, 2.45) is 0 Å². The molecule has 2 N–H and O–H groups in total. The quantitative estimate of drug-likeness (QED) is 0.590. The van der Waals surface area contributed by atoms with E-state index in [0.29, 0.717) is 11.4 Å². The number of methoxy groups -OCH3 is 2. The van der Waals surface area contributed by atoms with Crippen LogP contribution in [0.3, 0.4) is 0 Å². The van der Waals surface area contributed by atoms with Crippen LogP contribution in [-0.4, -0.2) is 20.1 Å². The summed E-state index contributed by atoms with van der Waals surface area (Å²) in [5.74, 6) is 0.787. The summed E-state index contributed by atoms with van der Waals surface area (Å²) in [6.07, 6.45) is 1.42. The summed E-state index contributed by atoms with van der Waals surface area (Å²) < 4.78 is 10.3. The topological polar surface area (TPSA) is 83.4 Å². The highest BCUT2D eigenvalue weighted by atomic mass is 16.5. The van der Waals surface area contributed by atoms with E-state index in [4.69, 9.17) is 9.47 Å². The van der Waals surface area contributed by atoms with Crippen LogP contribution in [0.2, 0.25) is 0 Å². The fraction of sp³-hybridized carbons (Fsp3) is 0.200. The van der Waals surface area contributed by atoms with Crippen LogP contribution in [-0.2, 0) is 4.79 Å². The number of nitrogens with one attached hydrogen (secondary N) is 2. The molecule has 0 fully saturated rings. The van der Waals surface area contributed by atoms with Gasteiger partial charge in [-0.3, -0.25) is 4.79 Å². The number of nitrogens with zero attached hydrogens (tertiary/aromatic N) is 1. The van der Waals surface area contributed by atoms with E-state index in [0.717, 1.165) is 11.3 Å². The first-order valence-corrected chi connectivity index (χ1v) is 8.03. The molecule has 0 spiro atoms. The molecule has 1 amide bonds. The molecule has 0 heterocycles. The molecule has 0 aliphatic heterocycles. The average Bonchev–Trinajstić information content (AvgIpc) is 2.68. The van der Waals surface area contributed by atoms with Gasteiger partial charge in [0.15, 0.2) is 0 Å². The summed E-state index contributed by atoms with van der Waals surface area (Å²) >= 11 is 0. The van der Waals surface area contributed by atoms with Crippen LogP contribution in [0.25, 0.3) is 0 Å². The molecule has 0 saturated heterocycles. The van der Waals surface area contributed by atoms with Crippen molar-refractivity contribution in [1.29, 1.82) is 5.26 Å². The van der Waals surface area contributed by atoms with E-state index in [2.05, 4.69) is 10.6 Å². The second-order valence-corrected chi connectivity index (χ2v) is 5.49. The molecule has 1 unspecified atom stereocenters. The number of carbonyl (C=O) groups is 1.